The molecule has 5 nitrogen and oxygen atoms in total. The SMILES string of the molecule is CCNC(=NCC(C)Oc1cccc(C)c1)NCCC1CCCO1. The summed E-state index contributed by atoms with van der Waals surface area (Å²) in [4.78, 5) is 4.62. The van der Waals surface area contributed by atoms with Gasteiger partial charge in [0.05, 0.1) is 12.6 Å². The van der Waals surface area contributed by atoms with Crippen LogP contribution in [0.1, 0.15) is 38.7 Å². The smallest absolute Gasteiger partial charge is 0.191 e. The first-order valence-corrected chi connectivity index (χ1v) is 9.04. The van der Waals surface area contributed by atoms with Gasteiger partial charge in [-0.25, -0.2) is 4.99 Å². The van der Waals surface area contributed by atoms with Gasteiger partial charge < -0.3 is 20.1 Å². The third-order valence-corrected chi connectivity index (χ3v) is 3.96. The lowest BCUT2D eigenvalue weighted by Gasteiger charge is -2.16. The van der Waals surface area contributed by atoms with Gasteiger partial charge in [-0.15, -0.1) is 0 Å². The average molecular weight is 333 g/mol. The van der Waals surface area contributed by atoms with E-state index in [9.17, 15) is 0 Å². The highest BCUT2D eigenvalue weighted by Crippen LogP contribution is 2.15. The maximum absolute atomic E-state index is 5.93. The Morgan fingerprint density at radius 3 is 3.00 bits per heavy atom. The van der Waals surface area contributed by atoms with Crippen LogP contribution in [0.3, 0.4) is 0 Å². The van der Waals surface area contributed by atoms with Crippen molar-refractivity contribution in [3.8, 4) is 5.75 Å². The molecule has 0 saturated carbocycles. The van der Waals surface area contributed by atoms with E-state index in [0.29, 0.717) is 12.6 Å². The number of aryl methyl sites for hydroxylation is 1. The van der Waals surface area contributed by atoms with E-state index in [1.165, 1.54) is 18.4 Å². The minimum atomic E-state index is 0.0282. The average Bonchev–Trinajstić information content (AvgIpc) is 3.06. The largest absolute Gasteiger partial charge is 0.489 e. The number of guanidine groups is 1. The maximum Gasteiger partial charge on any atom is 0.191 e. The fourth-order valence-corrected chi connectivity index (χ4v) is 2.74. The van der Waals surface area contributed by atoms with Crippen LogP contribution in [0.5, 0.6) is 5.75 Å². The third kappa shape index (κ3) is 6.79. The summed E-state index contributed by atoms with van der Waals surface area (Å²) in [5.41, 5.74) is 1.20. The lowest BCUT2D eigenvalue weighted by atomic mass is 10.2. The zero-order chi connectivity index (χ0) is 17.2. The molecule has 0 spiro atoms. The van der Waals surface area contributed by atoms with Gasteiger partial charge in [-0.3, -0.25) is 0 Å². The molecule has 0 aliphatic carbocycles. The van der Waals surface area contributed by atoms with Crippen LogP contribution in [0.15, 0.2) is 29.3 Å². The summed E-state index contributed by atoms with van der Waals surface area (Å²) in [5.74, 6) is 1.74. The molecule has 0 amide bonds. The van der Waals surface area contributed by atoms with E-state index >= 15 is 0 Å². The van der Waals surface area contributed by atoms with Crippen molar-refractivity contribution in [1.29, 1.82) is 0 Å². The summed E-state index contributed by atoms with van der Waals surface area (Å²) in [5, 5.41) is 6.66. The fraction of sp³-hybridized carbons (Fsp3) is 0.632. The van der Waals surface area contributed by atoms with Crippen LogP contribution in [0.2, 0.25) is 0 Å². The number of benzene rings is 1. The highest BCUT2D eigenvalue weighted by molar-refractivity contribution is 5.79. The van der Waals surface area contributed by atoms with Crippen LogP contribution in [0, 0.1) is 6.92 Å². The minimum Gasteiger partial charge on any atom is -0.489 e. The normalized spacial score (nSPS) is 19.1. The summed E-state index contributed by atoms with van der Waals surface area (Å²) < 4.78 is 11.6. The van der Waals surface area contributed by atoms with Crippen molar-refractivity contribution in [3.63, 3.8) is 0 Å². The quantitative estimate of drug-likeness (QED) is 0.567. The molecule has 2 N–H and O–H groups in total. The predicted octanol–water partition coefficient (Wildman–Crippen LogP) is 2.89. The number of nitrogens with one attached hydrogen (secondary N) is 2. The van der Waals surface area contributed by atoms with Crippen LogP contribution in [-0.4, -0.2) is 44.4 Å². The topological polar surface area (TPSA) is 54.9 Å². The van der Waals surface area contributed by atoms with Gasteiger partial charge in [0.2, 0.25) is 0 Å². The van der Waals surface area contributed by atoms with Crippen molar-refractivity contribution in [2.45, 2.75) is 52.2 Å². The Hall–Kier alpha value is -1.75. The van der Waals surface area contributed by atoms with E-state index in [1.54, 1.807) is 0 Å². The number of nitrogens with zero attached hydrogens (tertiary/aromatic N) is 1. The molecule has 1 aromatic carbocycles. The molecule has 0 aromatic heterocycles. The van der Waals surface area contributed by atoms with Gasteiger partial charge in [0, 0.05) is 19.7 Å². The first-order chi connectivity index (χ1) is 11.7. The Morgan fingerprint density at radius 2 is 2.29 bits per heavy atom. The summed E-state index contributed by atoms with van der Waals surface area (Å²) in [6.45, 7) is 9.43. The lowest BCUT2D eigenvalue weighted by Crippen LogP contribution is -2.39. The Bertz CT molecular complexity index is 513. The van der Waals surface area contributed by atoms with E-state index < -0.39 is 0 Å². The predicted molar refractivity (Wildman–Crippen MR) is 98.8 cm³/mol. The number of rotatable bonds is 8. The molecule has 1 heterocycles. The molecular formula is C19H31N3O2. The summed E-state index contributed by atoms with van der Waals surface area (Å²) in [6, 6.07) is 8.11. The standard InChI is InChI=1S/C19H31N3O2/c1-4-20-19(21-11-10-17-9-6-12-23-17)22-14-16(3)24-18-8-5-7-15(2)13-18/h5,7-8,13,16-17H,4,6,9-12,14H2,1-3H3,(H2,20,21,22). The lowest BCUT2D eigenvalue weighted by molar-refractivity contribution is 0.105. The third-order valence-electron chi connectivity index (χ3n) is 3.96. The Kier molecular flexibility index (Phi) is 7.89. The van der Waals surface area contributed by atoms with E-state index in [0.717, 1.165) is 37.8 Å². The molecule has 1 fully saturated rings. The fourth-order valence-electron chi connectivity index (χ4n) is 2.74. The van der Waals surface area contributed by atoms with Gasteiger partial charge in [-0.05, 0) is 57.7 Å². The van der Waals surface area contributed by atoms with E-state index in [2.05, 4.69) is 35.5 Å². The molecule has 5 heteroatoms. The molecule has 134 valence electrons. The highest BCUT2D eigenvalue weighted by Gasteiger charge is 2.14. The van der Waals surface area contributed by atoms with Crippen molar-refractivity contribution in [2.24, 2.45) is 4.99 Å². The zero-order valence-corrected chi connectivity index (χ0v) is 15.2. The maximum atomic E-state index is 5.93. The van der Waals surface area contributed by atoms with E-state index in [4.69, 9.17) is 9.47 Å². The molecule has 24 heavy (non-hydrogen) atoms. The molecule has 2 rings (SSSR count). The van der Waals surface area contributed by atoms with E-state index in [1.807, 2.05) is 25.1 Å². The number of aliphatic imine (C=N–C) groups is 1. The molecule has 1 saturated heterocycles. The molecule has 0 bridgehead atoms. The van der Waals surface area contributed by atoms with Gasteiger partial charge in [-0.1, -0.05) is 12.1 Å². The minimum absolute atomic E-state index is 0.0282. The Labute approximate surface area is 145 Å². The molecule has 0 radical (unpaired) electrons. The van der Waals surface area contributed by atoms with Gasteiger partial charge in [0.15, 0.2) is 5.96 Å². The van der Waals surface area contributed by atoms with Crippen LogP contribution in [0.4, 0.5) is 0 Å². The van der Waals surface area contributed by atoms with Gasteiger partial charge in [-0.2, -0.15) is 0 Å². The summed E-state index contributed by atoms with van der Waals surface area (Å²) in [7, 11) is 0. The molecule has 1 aromatic rings. The van der Waals surface area contributed by atoms with Gasteiger partial charge in [0.1, 0.15) is 11.9 Å². The zero-order valence-electron chi connectivity index (χ0n) is 15.2. The number of hydrogen-bond donors (Lipinski definition) is 2. The summed E-state index contributed by atoms with van der Waals surface area (Å²) in [6.07, 6.45) is 3.83. The molecule has 1 aliphatic heterocycles. The Balaban J connectivity index is 1.75. The monoisotopic (exact) mass is 333 g/mol. The van der Waals surface area contributed by atoms with Gasteiger partial charge in [0.25, 0.3) is 0 Å². The second-order valence-corrected chi connectivity index (χ2v) is 6.32. The molecule has 2 unspecified atom stereocenters. The van der Waals surface area contributed by atoms with Crippen LogP contribution in [-0.2, 0) is 4.74 Å². The van der Waals surface area contributed by atoms with Crippen molar-refractivity contribution in [1.82, 2.24) is 10.6 Å². The van der Waals surface area contributed by atoms with Crippen molar-refractivity contribution in [2.75, 3.05) is 26.2 Å². The molecular weight excluding hydrogens is 302 g/mol. The molecule has 2 atom stereocenters. The van der Waals surface area contributed by atoms with E-state index in [-0.39, 0.29) is 6.10 Å². The first kappa shape index (κ1) is 18.6. The molecule has 1 aliphatic rings. The second kappa shape index (κ2) is 10.2. The Morgan fingerprint density at radius 1 is 1.42 bits per heavy atom. The highest BCUT2D eigenvalue weighted by atomic mass is 16.5. The van der Waals surface area contributed by atoms with Crippen LogP contribution in [0.25, 0.3) is 0 Å². The number of hydrogen-bond acceptors (Lipinski definition) is 3. The van der Waals surface area contributed by atoms with Crippen molar-refractivity contribution >= 4 is 5.96 Å². The van der Waals surface area contributed by atoms with Crippen LogP contribution < -0.4 is 15.4 Å². The van der Waals surface area contributed by atoms with Crippen molar-refractivity contribution < 1.29 is 9.47 Å². The van der Waals surface area contributed by atoms with Crippen molar-refractivity contribution in [3.05, 3.63) is 29.8 Å². The first-order valence-electron chi connectivity index (χ1n) is 9.04. The second-order valence-electron chi connectivity index (χ2n) is 6.32. The number of ether oxygens (including phenoxy) is 2. The van der Waals surface area contributed by atoms with Gasteiger partial charge >= 0.3 is 0 Å². The van der Waals surface area contributed by atoms with Crippen LogP contribution >= 0.6 is 0 Å². The summed E-state index contributed by atoms with van der Waals surface area (Å²) >= 11 is 0.